The molecule has 0 saturated heterocycles. The van der Waals surface area contributed by atoms with Crippen LogP contribution < -0.4 is 5.76 Å². The van der Waals surface area contributed by atoms with Crippen molar-refractivity contribution in [3.05, 3.63) is 33.8 Å². The summed E-state index contributed by atoms with van der Waals surface area (Å²) in [6.07, 6.45) is 0. The Morgan fingerprint density at radius 1 is 1.33 bits per heavy atom. The molecule has 15 heavy (non-hydrogen) atoms. The Hall–Kier alpha value is -1.51. The predicted octanol–water partition coefficient (Wildman–Crippen LogP) is 3.19. The molecule has 0 aliphatic heterocycles. The van der Waals surface area contributed by atoms with Crippen molar-refractivity contribution in [2.45, 2.75) is 34.1 Å². The Bertz CT molecular complexity index is 520. The van der Waals surface area contributed by atoms with Gasteiger partial charge >= 0.3 is 5.76 Å². The number of H-pyrrole nitrogens is 1. The van der Waals surface area contributed by atoms with Crippen LogP contribution in [0.25, 0.3) is 11.1 Å². The molecule has 0 amide bonds. The molecule has 82 valence electrons. The van der Waals surface area contributed by atoms with E-state index >= 15 is 0 Å². The zero-order valence-electron chi connectivity index (χ0n) is 8.55. The number of oxazole rings is 1. The van der Waals surface area contributed by atoms with Gasteiger partial charge in [0.25, 0.3) is 0 Å². The Kier molecular flexibility index (Phi) is 3.03. The van der Waals surface area contributed by atoms with Crippen LogP contribution in [0.15, 0.2) is 21.3 Å². The van der Waals surface area contributed by atoms with Gasteiger partial charge in [0, 0.05) is 0 Å². The lowest BCUT2D eigenvalue weighted by molar-refractivity contribution is 0.555. The fourth-order valence-corrected chi connectivity index (χ4v) is 1.58. The summed E-state index contributed by atoms with van der Waals surface area (Å²) < 4.78 is 5.03. The van der Waals surface area contributed by atoms with E-state index in [2.05, 4.69) is 24.9 Å². The third-order valence-electron chi connectivity index (χ3n) is 2.42. The summed E-state index contributed by atoms with van der Waals surface area (Å²) in [6, 6.07) is 4.00. The molecule has 1 aromatic heterocycles. The lowest BCUT2D eigenvalue weighted by Gasteiger charge is -2.05. The van der Waals surface area contributed by atoms with E-state index < -0.39 is 0 Å². The summed E-state index contributed by atoms with van der Waals surface area (Å²) in [5.74, 6) is 0.0577. The van der Waals surface area contributed by atoms with E-state index in [1.807, 2.05) is 13.0 Å². The van der Waals surface area contributed by atoms with Gasteiger partial charge in [0.2, 0.25) is 0 Å². The summed E-state index contributed by atoms with van der Waals surface area (Å²) in [4.78, 5) is 13.7. The summed E-state index contributed by atoms with van der Waals surface area (Å²) in [5, 5.41) is 0. The maximum atomic E-state index is 11.0. The van der Waals surface area contributed by atoms with Crippen LogP contribution >= 0.6 is 0 Å². The summed E-state index contributed by atoms with van der Waals surface area (Å²) in [7, 11) is 0. The quantitative estimate of drug-likeness (QED) is 0.780. The third-order valence-corrected chi connectivity index (χ3v) is 2.42. The second kappa shape index (κ2) is 3.93. The van der Waals surface area contributed by atoms with Crippen molar-refractivity contribution in [3.8, 4) is 0 Å². The van der Waals surface area contributed by atoms with Crippen LogP contribution in [-0.4, -0.2) is 4.98 Å². The van der Waals surface area contributed by atoms with Crippen LogP contribution in [0.3, 0.4) is 0 Å². The van der Waals surface area contributed by atoms with Gasteiger partial charge in [-0.05, 0) is 30.0 Å². The van der Waals surface area contributed by atoms with Crippen molar-refractivity contribution in [3.63, 3.8) is 0 Å². The molecule has 0 atom stereocenters. The first-order valence-electron chi connectivity index (χ1n) is 4.71. The number of hydrogen-bond donors (Lipinski definition) is 1. The summed E-state index contributed by atoms with van der Waals surface area (Å²) in [5.41, 5.74) is 3.70. The van der Waals surface area contributed by atoms with Gasteiger partial charge in [-0.1, -0.05) is 27.3 Å². The SMILES string of the molecule is C.Cc1cc(C(C)C)cc2oc(=O)[nH]c12. The van der Waals surface area contributed by atoms with Gasteiger partial charge in [0.1, 0.15) is 0 Å². The van der Waals surface area contributed by atoms with E-state index in [1.54, 1.807) is 0 Å². The lowest BCUT2D eigenvalue weighted by atomic mass is 10.0. The van der Waals surface area contributed by atoms with Gasteiger partial charge in [0.15, 0.2) is 5.58 Å². The van der Waals surface area contributed by atoms with Gasteiger partial charge in [-0.3, -0.25) is 4.98 Å². The lowest BCUT2D eigenvalue weighted by Crippen LogP contribution is -1.93. The van der Waals surface area contributed by atoms with Crippen molar-refractivity contribution < 1.29 is 4.42 Å². The molecule has 0 fully saturated rings. The Morgan fingerprint density at radius 3 is 2.60 bits per heavy atom. The maximum absolute atomic E-state index is 11.0. The summed E-state index contributed by atoms with van der Waals surface area (Å²) >= 11 is 0. The van der Waals surface area contributed by atoms with Gasteiger partial charge in [-0.25, -0.2) is 4.79 Å². The highest BCUT2D eigenvalue weighted by Gasteiger charge is 2.07. The number of benzene rings is 1. The first-order valence-corrected chi connectivity index (χ1v) is 4.71. The molecule has 1 heterocycles. The zero-order chi connectivity index (χ0) is 10.3. The monoisotopic (exact) mass is 207 g/mol. The van der Waals surface area contributed by atoms with Gasteiger partial charge in [-0.15, -0.1) is 0 Å². The van der Waals surface area contributed by atoms with E-state index in [-0.39, 0.29) is 13.2 Å². The van der Waals surface area contributed by atoms with Crippen LogP contribution in [-0.2, 0) is 0 Å². The number of hydrogen-bond acceptors (Lipinski definition) is 2. The van der Waals surface area contributed by atoms with E-state index in [0.29, 0.717) is 11.5 Å². The fraction of sp³-hybridized carbons (Fsp3) is 0.417. The molecule has 1 N–H and O–H groups in total. The maximum Gasteiger partial charge on any atom is 0.417 e. The highest BCUT2D eigenvalue weighted by atomic mass is 16.4. The topological polar surface area (TPSA) is 46.0 Å². The molecule has 0 aliphatic rings. The fourth-order valence-electron chi connectivity index (χ4n) is 1.58. The first kappa shape index (κ1) is 11.6. The van der Waals surface area contributed by atoms with Gasteiger partial charge in [-0.2, -0.15) is 0 Å². The predicted molar refractivity (Wildman–Crippen MR) is 62.4 cm³/mol. The van der Waals surface area contributed by atoms with Crippen LogP contribution in [0.5, 0.6) is 0 Å². The minimum atomic E-state index is -0.385. The van der Waals surface area contributed by atoms with Gasteiger partial charge < -0.3 is 4.42 Å². The molecular weight excluding hydrogens is 190 g/mol. The molecule has 0 radical (unpaired) electrons. The molecular formula is C12H17NO2. The molecule has 0 spiro atoms. The van der Waals surface area contributed by atoms with Crippen LogP contribution in [0.4, 0.5) is 0 Å². The first-order chi connectivity index (χ1) is 6.58. The smallest absolute Gasteiger partial charge is 0.408 e. The highest BCUT2D eigenvalue weighted by molar-refractivity contribution is 5.76. The molecule has 1 aromatic carbocycles. The largest absolute Gasteiger partial charge is 0.417 e. The van der Waals surface area contributed by atoms with E-state index in [4.69, 9.17) is 4.42 Å². The Balaban J connectivity index is 0.00000112. The van der Waals surface area contributed by atoms with E-state index in [1.165, 1.54) is 5.56 Å². The molecule has 3 nitrogen and oxygen atoms in total. The average molecular weight is 207 g/mol. The zero-order valence-corrected chi connectivity index (χ0v) is 8.55. The van der Waals surface area contributed by atoms with Crippen LogP contribution in [0, 0.1) is 6.92 Å². The molecule has 3 heteroatoms. The number of rotatable bonds is 1. The normalized spacial score (nSPS) is 10.7. The standard InChI is InChI=1S/C11H13NO2.CH4/c1-6(2)8-4-7(3)10-9(5-8)14-11(13)12-10;/h4-6H,1-3H3,(H,12,13);1H4. The molecule has 0 saturated carbocycles. The number of nitrogens with one attached hydrogen (secondary N) is 1. The Morgan fingerprint density at radius 2 is 2.00 bits per heavy atom. The Labute approximate surface area is 89.1 Å². The van der Waals surface area contributed by atoms with Crippen molar-refractivity contribution in [1.29, 1.82) is 0 Å². The molecule has 2 rings (SSSR count). The van der Waals surface area contributed by atoms with Crippen LogP contribution in [0.1, 0.15) is 38.3 Å². The van der Waals surface area contributed by atoms with Crippen molar-refractivity contribution in [1.82, 2.24) is 4.98 Å². The molecule has 0 aliphatic carbocycles. The highest BCUT2D eigenvalue weighted by Crippen LogP contribution is 2.22. The molecule has 0 unspecified atom stereocenters. The average Bonchev–Trinajstić information content (AvgIpc) is 2.45. The number of aromatic amines is 1. The van der Waals surface area contributed by atoms with Crippen LogP contribution in [0.2, 0.25) is 0 Å². The second-order valence-electron chi connectivity index (χ2n) is 3.88. The van der Waals surface area contributed by atoms with Crippen molar-refractivity contribution >= 4 is 11.1 Å². The minimum absolute atomic E-state index is 0. The number of fused-ring (bicyclic) bond motifs is 1. The third kappa shape index (κ3) is 1.96. The van der Waals surface area contributed by atoms with Crippen molar-refractivity contribution in [2.75, 3.05) is 0 Å². The molecule has 2 aromatic rings. The van der Waals surface area contributed by atoms with E-state index in [0.717, 1.165) is 11.1 Å². The second-order valence-corrected chi connectivity index (χ2v) is 3.88. The molecule has 0 bridgehead atoms. The van der Waals surface area contributed by atoms with Crippen molar-refractivity contribution in [2.24, 2.45) is 0 Å². The number of aryl methyl sites for hydroxylation is 1. The number of aromatic nitrogens is 1. The van der Waals surface area contributed by atoms with Gasteiger partial charge in [0.05, 0.1) is 5.52 Å². The van der Waals surface area contributed by atoms with E-state index in [9.17, 15) is 4.79 Å². The summed E-state index contributed by atoms with van der Waals surface area (Å²) in [6.45, 7) is 6.20. The minimum Gasteiger partial charge on any atom is -0.408 e.